The largest absolute Gasteiger partial charge is 0.379 e. The molecule has 108 valence electrons. The van der Waals surface area contributed by atoms with Crippen LogP contribution >= 0.6 is 0 Å². The van der Waals surface area contributed by atoms with Gasteiger partial charge in [-0.1, -0.05) is 38.1 Å². The molecule has 0 aliphatic heterocycles. The average molecular weight is 263 g/mol. The predicted octanol–water partition coefficient (Wildman–Crippen LogP) is 4.10. The van der Waals surface area contributed by atoms with E-state index >= 15 is 0 Å². The molecule has 0 saturated heterocycles. The number of nitrogens with one attached hydrogen (secondary N) is 1. The van der Waals surface area contributed by atoms with Crippen LogP contribution in [-0.2, 0) is 11.2 Å². The van der Waals surface area contributed by atoms with Crippen molar-refractivity contribution < 1.29 is 4.74 Å². The molecule has 0 spiro atoms. The Morgan fingerprint density at radius 1 is 1.21 bits per heavy atom. The number of methoxy groups -OCH3 is 1. The maximum absolute atomic E-state index is 5.53. The second kappa shape index (κ2) is 7.66. The van der Waals surface area contributed by atoms with Crippen molar-refractivity contribution in [3.8, 4) is 0 Å². The monoisotopic (exact) mass is 263 g/mol. The Bertz CT molecular complexity index is 373. The van der Waals surface area contributed by atoms with Gasteiger partial charge in [-0.15, -0.1) is 0 Å². The van der Waals surface area contributed by atoms with Crippen LogP contribution in [0.2, 0.25) is 0 Å². The highest BCUT2D eigenvalue weighted by Crippen LogP contribution is 2.27. The zero-order valence-electron chi connectivity index (χ0n) is 13.1. The van der Waals surface area contributed by atoms with Crippen molar-refractivity contribution in [2.75, 3.05) is 13.7 Å². The Hall–Kier alpha value is -0.860. The van der Waals surface area contributed by atoms with E-state index < -0.39 is 0 Å². The standard InChI is InChI=1S/C17H29NO/c1-6-14-10-8-9-11-15(14)16(18-7-2)12-13-17(3,4)19-5/h8-11,16,18H,6-7,12-13H2,1-5H3. The molecule has 0 aromatic heterocycles. The SMILES string of the molecule is CCNC(CCC(C)(C)OC)c1ccccc1CC. The third kappa shape index (κ3) is 4.96. The molecule has 2 heteroatoms. The van der Waals surface area contributed by atoms with Crippen molar-refractivity contribution in [1.82, 2.24) is 5.32 Å². The van der Waals surface area contributed by atoms with Gasteiger partial charge in [0, 0.05) is 13.2 Å². The highest BCUT2D eigenvalue weighted by molar-refractivity contribution is 5.30. The lowest BCUT2D eigenvalue weighted by Gasteiger charge is -2.27. The molecule has 0 amide bonds. The molecule has 0 radical (unpaired) electrons. The lowest BCUT2D eigenvalue weighted by atomic mass is 9.91. The van der Waals surface area contributed by atoms with Crippen LogP contribution in [0.1, 0.15) is 57.7 Å². The summed E-state index contributed by atoms with van der Waals surface area (Å²) in [6.07, 6.45) is 3.25. The summed E-state index contributed by atoms with van der Waals surface area (Å²) in [6.45, 7) is 9.70. The molecular formula is C17H29NO. The van der Waals surface area contributed by atoms with Crippen LogP contribution in [0.5, 0.6) is 0 Å². The molecule has 0 aliphatic carbocycles. The smallest absolute Gasteiger partial charge is 0.0623 e. The van der Waals surface area contributed by atoms with Gasteiger partial charge in [0.25, 0.3) is 0 Å². The van der Waals surface area contributed by atoms with E-state index in [1.807, 2.05) is 0 Å². The minimum absolute atomic E-state index is 0.0468. The molecule has 0 bridgehead atoms. The van der Waals surface area contributed by atoms with Crippen molar-refractivity contribution in [2.45, 2.75) is 58.6 Å². The summed E-state index contributed by atoms with van der Waals surface area (Å²) in [5.41, 5.74) is 2.84. The average Bonchev–Trinajstić information content (AvgIpc) is 2.43. The minimum atomic E-state index is -0.0468. The summed E-state index contributed by atoms with van der Waals surface area (Å²) < 4.78 is 5.53. The summed E-state index contributed by atoms with van der Waals surface area (Å²) in [4.78, 5) is 0. The third-order valence-corrected chi connectivity index (χ3v) is 3.85. The summed E-state index contributed by atoms with van der Waals surface area (Å²) in [5, 5.41) is 3.61. The van der Waals surface area contributed by atoms with Crippen LogP contribution in [0, 0.1) is 0 Å². The molecule has 0 saturated carbocycles. The highest BCUT2D eigenvalue weighted by atomic mass is 16.5. The first-order chi connectivity index (χ1) is 9.04. The van der Waals surface area contributed by atoms with Gasteiger partial charge in [-0.2, -0.15) is 0 Å². The second-order valence-corrected chi connectivity index (χ2v) is 5.67. The van der Waals surface area contributed by atoms with Crippen LogP contribution in [0.25, 0.3) is 0 Å². The molecule has 1 unspecified atom stereocenters. The van der Waals surface area contributed by atoms with E-state index in [2.05, 4.69) is 57.3 Å². The van der Waals surface area contributed by atoms with Gasteiger partial charge in [0.1, 0.15) is 0 Å². The van der Waals surface area contributed by atoms with Gasteiger partial charge in [-0.05, 0) is 50.8 Å². The molecule has 0 fully saturated rings. The maximum atomic E-state index is 5.53. The van der Waals surface area contributed by atoms with E-state index in [9.17, 15) is 0 Å². The van der Waals surface area contributed by atoms with E-state index in [1.54, 1.807) is 7.11 Å². The summed E-state index contributed by atoms with van der Waals surface area (Å²) >= 11 is 0. The molecule has 1 rings (SSSR count). The van der Waals surface area contributed by atoms with Crippen molar-refractivity contribution in [3.05, 3.63) is 35.4 Å². The van der Waals surface area contributed by atoms with E-state index in [0.29, 0.717) is 6.04 Å². The Morgan fingerprint density at radius 2 is 1.89 bits per heavy atom. The topological polar surface area (TPSA) is 21.3 Å². The van der Waals surface area contributed by atoms with Crippen LogP contribution in [0.3, 0.4) is 0 Å². The minimum Gasteiger partial charge on any atom is -0.379 e. The second-order valence-electron chi connectivity index (χ2n) is 5.67. The zero-order valence-corrected chi connectivity index (χ0v) is 13.1. The molecule has 2 nitrogen and oxygen atoms in total. The molecule has 19 heavy (non-hydrogen) atoms. The quantitative estimate of drug-likeness (QED) is 0.762. The first-order valence-electron chi connectivity index (χ1n) is 7.40. The maximum Gasteiger partial charge on any atom is 0.0623 e. The fraction of sp³-hybridized carbons (Fsp3) is 0.647. The summed E-state index contributed by atoms with van der Waals surface area (Å²) in [7, 11) is 1.79. The molecule has 0 aliphatic rings. The molecule has 0 heterocycles. The van der Waals surface area contributed by atoms with Gasteiger partial charge in [0.2, 0.25) is 0 Å². The van der Waals surface area contributed by atoms with Crippen molar-refractivity contribution >= 4 is 0 Å². The zero-order chi connectivity index (χ0) is 14.3. The van der Waals surface area contributed by atoms with Gasteiger partial charge in [0.05, 0.1) is 5.60 Å². The Balaban J connectivity index is 2.82. The van der Waals surface area contributed by atoms with Crippen molar-refractivity contribution in [2.24, 2.45) is 0 Å². The van der Waals surface area contributed by atoms with Crippen LogP contribution in [0.4, 0.5) is 0 Å². The first-order valence-corrected chi connectivity index (χ1v) is 7.40. The lowest BCUT2D eigenvalue weighted by molar-refractivity contribution is 0.0117. The number of hydrogen-bond acceptors (Lipinski definition) is 2. The third-order valence-electron chi connectivity index (χ3n) is 3.85. The van der Waals surface area contributed by atoms with Crippen molar-refractivity contribution in [3.63, 3.8) is 0 Å². The fourth-order valence-electron chi connectivity index (χ4n) is 2.40. The van der Waals surface area contributed by atoms with Crippen molar-refractivity contribution in [1.29, 1.82) is 0 Å². The number of rotatable bonds is 8. The van der Waals surface area contributed by atoms with E-state index in [-0.39, 0.29) is 5.60 Å². The molecular weight excluding hydrogens is 234 g/mol. The van der Waals surface area contributed by atoms with Crippen LogP contribution in [0.15, 0.2) is 24.3 Å². The van der Waals surface area contributed by atoms with E-state index in [4.69, 9.17) is 4.74 Å². The number of aryl methyl sites for hydroxylation is 1. The normalized spacial score (nSPS) is 13.5. The Labute approximate surface area is 118 Å². The summed E-state index contributed by atoms with van der Waals surface area (Å²) in [6, 6.07) is 9.19. The summed E-state index contributed by atoms with van der Waals surface area (Å²) in [5.74, 6) is 0. The number of hydrogen-bond donors (Lipinski definition) is 1. The van der Waals surface area contributed by atoms with Crippen LogP contribution in [-0.4, -0.2) is 19.3 Å². The first kappa shape index (κ1) is 16.2. The van der Waals surface area contributed by atoms with Gasteiger partial charge in [0.15, 0.2) is 0 Å². The van der Waals surface area contributed by atoms with Gasteiger partial charge in [-0.3, -0.25) is 0 Å². The number of ether oxygens (including phenoxy) is 1. The predicted molar refractivity (Wildman–Crippen MR) is 82.6 cm³/mol. The van der Waals surface area contributed by atoms with Gasteiger partial charge < -0.3 is 10.1 Å². The van der Waals surface area contributed by atoms with Gasteiger partial charge >= 0.3 is 0 Å². The Kier molecular flexibility index (Phi) is 6.53. The molecule has 1 aromatic carbocycles. The Morgan fingerprint density at radius 3 is 2.47 bits per heavy atom. The number of benzene rings is 1. The van der Waals surface area contributed by atoms with E-state index in [0.717, 1.165) is 25.8 Å². The van der Waals surface area contributed by atoms with Crippen LogP contribution < -0.4 is 5.32 Å². The molecule has 1 N–H and O–H groups in total. The van der Waals surface area contributed by atoms with E-state index in [1.165, 1.54) is 11.1 Å². The van der Waals surface area contributed by atoms with Gasteiger partial charge in [-0.25, -0.2) is 0 Å². The fourth-order valence-corrected chi connectivity index (χ4v) is 2.40. The lowest BCUT2D eigenvalue weighted by Crippen LogP contribution is -2.27. The highest BCUT2D eigenvalue weighted by Gasteiger charge is 2.20. The molecule has 1 atom stereocenters. The molecule has 1 aromatic rings.